The Labute approximate surface area is 109 Å². The molecule has 19 heavy (non-hydrogen) atoms. The topological polar surface area (TPSA) is 41.5 Å². The third-order valence-electron chi connectivity index (χ3n) is 2.49. The van der Waals surface area contributed by atoms with Gasteiger partial charge < -0.3 is 15.2 Å². The van der Waals surface area contributed by atoms with E-state index in [4.69, 9.17) is 5.11 Å². The molecule has 0 spiro atoms. The van der Waals surface area contributed by atoms with Crippen LogP contribution in [0, 0.1) is 0 Å². The van der Waals surface area contributed by atoms with E-state index in [0.29, 0.717) is 12.2 Å². The van der Waals surface area contributed by atoms with Gasteiger partial charge in [0.2, 0.25) is 0 Å². The lowest BCUT2D eigenvalue weighted by atomic mass is 10.2. The van der Waals surface area contributed by atoms with Crippen LogP contribution in [0.15, 0.2) is 48.5 Å². The van der Waals surface area contributed by atoms with Crippen LogP contribution in [0.2, 0.25) is 0 Å². The normalized spacial score (nSPS) is 10.5. The molecule has 2 aromatic rings. The first-order valence-corrected chi connectivity index (χ1v) is 5.70. The summed E-state index contributed by atoms with van der Waals surface area (Å²) in [5.74, 6) is 0.321. The van der Waals surface area contributed by atoms with Crippen LogP contribution in [0.1, 0.15) is 5.56 Å². The number of hydrogen-bond donors (Lipinski definition) is 2. The van der Waals surface area contributed by atoms with Gasteiger partial charge in [-0.3, -0.25) is 0 Å². The molecule has 2 rings (SSSR count). The van der Waals surface area contributed by atoms with Crippen LogP contribution in [0.3, 0.4) is 0 Å². The van der Waals surface area contributed by atoms with Crippen molar-refractivity contribution in [3.05, 3.63) is 54.1 Å². The van der Waals surface area contributed by atoms with E-state index in [0.717, 1.165) is 5.56 Å². The second kappa shape index (κ2) is 6.04. The fraction of sp³-hybridized carbons (Fsp3) is 0.143. The lowest BCUT2D eigenvalue weighted by molar-refractivity contribution is -0.0498. The SMILES string of the molecule is Oc1ccc(CNc2cccc(OC(F)F)c2)cc1. The van der Waals surface area contributed by atoms with E-state index < -0.39 is 6.61 Å². The fourth-order valence-corrected chi connectivity index (χ4v) is 1.60. The third-order valence-corrected chi connectivity index (χ3v) is 2.49. The largest absolute Gasteiger partial charge is 0.508 e. The van der Waals surface area contributed by atoms with Crippen LogP contribution >= 0.6 is 0 Å². The average Bonchev–Trinajstić information content (AvgIpc) is 2.38. The first-order chi connectivity index (χ1) is 9.13. The number of hydrogen-bond acceptors (Lipinski definition) is 3. The molecule has 0 bridgehead atoms. The van der Waals surface area contributed by atoms with E-state index in [2.05, 4.69) is 10.1 Å². The number of nitrogens with one attached hydrogen (secondary N) is 1. The standard InChI is InChI=1S/C14H13F2NO2/c15-14(16)19-13-3-1-2-11(8-13)17-9-10-4-6-12(18)7-5-10/h1-8,14,17-18H,9H2. The smallest absolute Gasteiger partial charge is 0.387 e. The van der Waals surface area contributed by atoms with E-state index >= 15 is 0 Å². The first kappa shape index (κ1) is 13.1. The number of benzene rings is 2. The molecule has 100 valence electrons. The van der Waals surface area contributed by atoms with Crippen LogP contribution in [-0.4, -0.2) is 11.7 Å². The van der Waals surface area contributed by atoms with Gasteiger partial charge in [0.05, 0.1) is 0 Å². The molecular weight excluding hydrogens is 252 g/mol. The molecule has 2 aromatic carbocycles. The molecule has 0 saturated heterocycles. The van der Waals surface area contributed by atoms with Gasteiger partial charge in [0.25, 0.3) is 0 Å². The quantitative estimate of drug-likeness (QED) is 0.867. The Bertz CT molecular complexity index is 529. The molecule has 5 heteroatoms. The van der Waals surface area contributed by atoms with Gasteiger partial charge in [-0.2, -0.15) is 8.78 Å². The van der Waals surface area contributed by atoms with E-state index in [1.807, 2.05) is 0 Å². The van der Waals surface area contributed by atoms with Crippen molar-refractivity contribution >= 4 is 5.69 Å². The Morgan fingerprint density at radius 3 is 2.53 bits per heavy atom. The molecule has 0 amide bonds. The highest BCUT2D eigenvalue weighted by molar-refractivity contribution is 5.48. The summed E-state index contributed by atoms with van der Waals surface area (Å²) in [4.78, 5) is 0. The van der Waals surface area contributed by atoms with Crippen molar-refractivity contribution in [2.24, 2.45) is 0 Å². The van der Waals surface area contributed by atoms with E-state index in [9.17, 15) is 8.78 Å². The maximum absolute atomic E-state index is 12.1. The molecule has 0 atom stereocenters. The van der Waals surface area contributed by atoms with E-state index in [1.54, 1.807) is 36.4 Å². The second-order valence-corrected chi connectivity index (χ2v) is 3.93. The average molecular weight is 265 g/mol. The number of phenols is 1. The lowest BCUT2D eigenvalue weighted by Crippen LogP contribution is -2.03. The van der Waals surface area contributed by atoms with Crippen molar-refractivity contribution in [1.29, 1.82) is 0 Å². The Morgan fingerprint density at radius 1 is 1.11 bits per heavy atom. The number of phenolic OH excluding ortho intramolecular Hbond substituents is 1. The minimum Gasteiger partial charge on any atom is -0.508 e. The number of anilines is 1. The predicted molar refractivity (Wildman–Crippen MR) is 68.5 cm³/mol. The van der Waals surface area contributed by atoms with Crippen LogP contribution in [0.5, 0.6) is 11.5 Å². The van der Waals surface area contributed by atoms with Gasteiger partial charge in [-0.05, 0) is 29.8 Å². The van der Waals surface area contributed by atoms with Gasteiger partial charge >= 0.3 is 6.61 Å². The molecule has 0 radical (unpaired) electrons. The molecular formula is C14H13F2NO2. The predicted octanol–water partition coefficient (Wildman–Crippen LogP) is 3.61. The number of ether oxygens (including phenoxy) is 1. The molecule has 0 saturated carbocycles. The maximum Gasteiger partial charge on any atom is 0.387 e. The summed E-state index contributed by atoms with van der Waals surface area (Å²) in [5.41, 5.74) is 1.66. The van der Waals surface area contributed by atoms with Crippen LogP contribution in [0.25, 0.3) is 0 Å². The van der Waals surface area contributed by atoms with Crippen molar-refractivity contribution in [1.82, 2.24) is 0 Å². The van der Waals surface area contributed by atoms with Gasteiger partial charge in [-0.1, -0.05) is 18.2 Å². The van der Waals surface area contributed by atoms with Crippen molar-refractivity contribution < 1.29 is 18.6 Å². The molecule has 0 aliphatic rings. The van der Waals surface area contributed by atoms with Crippen molar-refractivity contribution in [2.45, 2.75) is 13.2 Å². The summed E-state index contributed by atoms with van der Waals surface area (Å²) in [6.07, 6.45) is 0. The minimum atomic E-state index is -2.83. The molecule has 0 aliphatic carbocycles. The number of halogens is 2. The molecule has 0 unspecified atom stereocenters. The Kier molecular flexibility index (Phi) is 4.18. The van der Waals surface area contributed by atoms with Crippen molar-refractivity contribution in [2.75, 3.05) is 5.32 Å². The van der Waals surface area contributed by atoms with Gasteiger partial charge in [-0.25, -0.2) is 0 Å². The van der Waals surface area contributed by atoms with Crippen LogP contribution in [0.4, 0.5) is 14.5 Å². The van der Waals surface area contributed by atoms with Crippen LogP contribution < -0.4 is 10.1 Å². The molecule has 3 nitrogen and oxygen atoms in total. The summed E-state index contributed by atoms with van der Waals surface area (Å²) >= 11 is 0. The number of rotatable bonds is 5. The lowest BCUT2D eigenvalue weighted by Gasteiger charge is -2.09. The molecule has 0 aliphatic heterocycles. The fourth-order valence-electron chi connectivity index (χ4n) is 1.60. The summed E-state index contributed by atoms with van der Waals surface area (Å²) in [5, 5.41) is 12.2. The van der Waals surface area contributed by atoms with Gasteiger partial charge in [0.15, 0.2) is 0 Å². The van der Waals surface area contributed by atoms with Crippen molar-refractivity contribution in [3.8, 4) is 11.5 Å². The summed E-state index contributed by atoms with van der Waals surface area (Å²) < 4.78 is 28.5. The second-order valence-electron chi connectivity index (χ2n) is 3.93. The minimum absolute atomic E-state index is 0.116. The summed E-state index contributed by atoms with van der Waals surface area (Å²) in [6, 6.07) is 13.1. The van der Waals surface area contributed by atoms with Crippen LogP contribution in [-0.2, 0) is 6.54 Å². The molecule has 0 aromatic heterocycles. The van der Waals surface area contributed by atoms with Gasteiger partial charge in [-0.15, -0.1) is 0 Å². The Hall–Kier alpha value is -2.30. The van der Waals surface area contributed by atoms with Gasteiger partial charge in [0.1, 0.15) is 11.5 Å². The third kappa shape index (κ3) is 4.13. The summed E-state index contributed by atoms with van der Waals surface area (Å²) in [6.45, 7) is -2.30. The molecule has 0 fully saturated rings. The monoisotopic (exact) mass is 265 g/mol. The maximum atomic E-state index is 12.1. The highest BCUT2D eigenvalue weighted by Crippen LogP contribution is 2.20. The summed E-state index contributed by atoms with van der Waals surface area (Å²) in [7, 11) is 0. The zero-order valence-electron chi connectivity index (χ0n) is 10.0. The van der Waals surface area contributed by atoms with E-state index in [-0.39, 0.29) is 11.5 Å². The highest BCUT2D eigenvalue weighted by Gasteiger charge is 2.04. The van der Waals surface area contributed by atoms with Crippen molar-refractivity contribution in [3.63, 3.8) is 0 Å². The number of aromatic hydroxyl groups is 1. The first-order valence-electron chi connectivity index (χ1n) is 5.70. The zero-order valence-corrected chi connectivity index (χ0v) is 10.0. The zero-order chi connectivity index (χ0) is 13.7. The molecule has 2 N–H and O–H groups in total. The highest BCUT2D eigenvalue weighted by atomic mass is 19.3. The Balaban J connectivity index is 1.97. The molecule has 0 heterocycles. The Morgan fingerprint density at radius 2 is 1.84 bits per heavy atom. The van der Waals surface area contributed by atoms with E-state index in [1.165, 1.54) is 12.1 Å². The number of alkyl halides is 2. The van der Waals surface area contributed by atoms with Gasteiger partial charge in [0, 0.05) is 18.3 Å².